The van der Waals surface area contributed by atoms with E-state index in [1.54, 1.807) is 0 Å². The minimum Gasteiger partial charge on any atom is -0.319 e. The summed E-state index contributed by atoms with van der Waals surface area (Å²) in [5.74, 6) is 1.03. The van der Waals surface area contributed by atoms with Crippen molar-refractivity contribution in [1.82, 2.24) is 10.2 Å². The van der Waals surface area contributed by atoms with Crippen LogP contribution in [0.4, 0.5) is 0 Å². The van der Waals surface area contributed by atoms with Crippen molar-refractivity contribution in [2.75, 3.05) is 0 Å². The summed E-state index contributed by atoms with van der Waals surface area (Å²) >= 11 is 0. The van der Waals surface area contributed by atoms with Crippen LogP contribution in [0.5, 0.6) is 0 Å². The molecule has 114 valence electrons. The molecule has 1 aliphatic heterocycles. The molecule has 1 saturated carbocycles. The number of amides is 1. The monoisotopic (exact) mass is 286 g/mol. The Labute approximate surface area is 127 Å². The summed E-state index contributed by atoms with van der Waals surface area (Å²) in [7, 11) is 0. The molecular weight excluding hydrogens is 260 g/mol. The normalized spacial score (nSPS) is 32.9. The van der Waals surface area contributed by atoms with Gasteiger partial charge < -0.3 is 4.90 Å². The van der Waals surface area contributed by atoms with Gasteiger partial charge in [-0.25, -0.2) is 0 Å². The standard InChI is InChI=1S/C18H26N2O/c1-4-16-18(21)20(14-10-9-12(2)11-14)17(19-16)15-8-6-5-7-13(15)3/h5-8,12,14,16-17,19H,4,9-11H2,1-3H3. The van der Waals surface area contributed by atoms with Gasteiger partial charge in [-0.05, 0) is 49.7 Å². The fraction of sp³-hybridized carbons (Fsp3) is 0.611. The zero-order valence-electron chi connectivity index (χ0n) is 13.3. The van der Waals surface area contributed by atoms with E-state index in [1.807, 2.05) is 0 Å². The van der Waals surface area contributed by atoms with E-state index >= 15 is 0 Å². The molecule has 0 spiro atoms. The van der Waals surface area contributed by atoms with Crippen molar-refractivity contribution >= 4 is 5.91 Å². The second-order valence-corrected chi connectivity index (χ2v) is 6.70. The predicted octanol–water partition coefficient (Wildman–Crippen LogP) is 3.39. The summed E-state index contributed by atoms with van der Waals surface area (Å²) in [6.45, 7) is 6.52. The van der Waals surface area contributed by atoms with E-state index in [4.69, 9.17) is 0 Å². The Morgan fingerprint density at radius 3 is 2.67 bits per heavy atom. The van der Waals surface area contributed by atoms with Gasteiger partial charge in [-0.3, -0.25) is 10.1 Å². The Morgan fingerprint density at radius 1 is 1.29 bits per heavy atom. The smallest absolute Gasteiger partial charge is 0.241 e. The number of carbonyl (C=O) groups excluding carboxylic acids is 1. The lowest BCUT2D eigenvalue weighted by Crippen LogP contribution is -2.39. The minimum atomic E-state index is -0.0227. The number of carbonyl (C=O) groups is 1. The summed E-state index contributed by atoms with van der Waals surface area (Å²) in [6.07, 6.45) is 4.45. The third kappa shape index (κ3) is 2.59. The lowest BCUT2D eigenvalue weighted by molar-refractivity contribution is -0.132. The molecule has 2 aliphatic rings. The van der Waals surface area contributed by atoms with Gasteiger partial charge in [0.25, 0.3) is 0 Å². The zero-order chi connectivity index (χ0) is 15.0. The van der Waals surface area contributed by atoms with Crippen LogP contribution in [0.2, 0.25) is 0 Å². The Bertz CT molecular complexity index is 528. The number of rotatable bonds is 3. The molecule has 1 aromatic carbocycles. The second kappa shape index (κ2) is 5.80. The third-order valence-corrected chi connectivity index (χ3v) is 5.14. The lowest BCUT2D eigenvalue weighted by atomic mass is 10.0. The van der Waals surface area contributed by atoms with Gasteiger partial charge in [0.1, 0.15) is 6.17 Å². The molecule has 4 atom stereocenters. The lowest BCUT2D eigenvalue weighted by Gasteiger charge is -2.31. The molecule has 1 aliphatic carbocycles. The van der Waals surface area contributed by atoms with Crippen LogP contribution in [0.25, 0.3) is 0 Å². The SMILES string of the molecule is CCC1NC(c2ccccc2C)N(C2CCC(C)C2)C1=O. The van der Waals surface area contributed by atoms with Gasteiger partial charge in [-0.15, -0.1) is 0 Å². The Morgan fingerprint density at radius 2 is 2.05 bits per heavy atom. The van der Waals surface area contributed by atoms with Crippen LogP contribution in [-0.4, -0.2) is 22.9 Å². The van der Waals surface area contributed by atoms with Crippen LogP contribution in [-0.2, 0) is 4.79 Å². The average molecular weight is 286 g/mol. The Balaban J connectivity index is 1.93. The molecule has 3 rings (SSSR count). The van der Waals surface area contributed by atoms with Gasteiger partial charge in [0.05, 0.1) is 6.04 Å². The molecule has 1 N–H and O–H groups in total. The van der Waals surface area contributed by atoms with Crippen molar-refractivity contribution in [3.8, 4) is 0 Å². The maximum Gasteiger partial charge on any atom is 0.241 e. The third-order valence-electron chi connectivity index (χ3n) is 5.14. The largest absolute Gasteiger partial charge is 0.319 e. The molecule has 4 unspecified atom stereocenters. The van der Waals surface area contributed by atoms with Crippen molar-refractivity contribution in [2.45, 2.75) is 64.7 Å². The number of nitrogens with zero attached hydrogens (tertiary/aromatic N) is 1. The van der Waals surface area contributed by atoms with Gasteiger partial charge in [0.2, 0.25) is 5.91 Å². The molecule has 3 nitrogen and oxygen atoms in total. The van der Waals surface area contributed by atoms with Crippen molar-refractivity contribution in [3.63, 3.8) is 0 Å². The maximum absolute atomic E-state index is 12.8. The Hall–Kier alpha value is -1.35. The summed E-state index contributed by atoms with van der Waals surface area (Å²) < 4.78 is 0. The van der Waals surface area contributed by atoms with Crippen molar-refractivity contribution in [1.29, 1.82) is 0 Å². The number of hydrogen-bond donors (Lipinski definition) is 1. The molecule has 1 heterocycles. The highest BCUT2D eigenvalue weighted by Gasteiger charge is 2.44. The van der Waals surface area contributed by atoms with Crippen molar-refractivity contribution < 1.29 is 4.79 Å². The van der Waals surface area contributed by atoms with E-state index < -0.39 is 0 Å². The van der Waals surface area contributed by atoms with Crippen LogP contribution in [0.3, 0.4) is 0 Å². The molecule has 0 bridgehead atoms. The Kier molecular flexibility index (Phi) is 4.03. The van der Waals surface area contributed by atoms with E-state index in [2.05, 4.69) is 55.3 Å². The van der Waals surface area contributed by atoms with Crippen LogP contribution >= 0.6 is 0 Å². The minimum absolute atomic E-state index is 0.0227. The van der Waals surface area contributed by atoms with Crippen LogP contribution in [0.15, 0.2) is 24.3 Å². The molecule has 2 fully saturated rings. The van der Waals surface area contributed by atoms with Crippen molar-refractivity contribution in [2.24, 2.45) is 5.92 Å². The topological polar surface area (TPSA) is 32.3 Å². The summed E-state index contributed by atoms with van der Waals surface area (Å²) in [5, 5.41) is 3.57. The number of aryl methyl sites for hydroxylation is 1. The van der Waals surface area contributed by atoms with Crippen LogP contribution in [0, 0.1) is 12.8 Å². The zero-order valence-corrected chi connectivity index (χ0v) is 13.3. The summed E-state index contributed by atoms with van der Waals surface area (Å²) in [4.78, 5) is 14.9. The van der Waals surface area contributed by atoms with Gasteiger partial charge in [0.15, 0.2) is 0 Å². The van der Waals surface area contributed by atoms with E-state index in [9.17, 15) is 4.79 Å². The second-order valence-electron chi connectivity index (χ2n) is 6.70. The van der Waals surface area contributed by atoms with Gasteiger partial charge >= 0.3 is 0 Å². The first-order valence-electron chi connectivity index (χ1n) is 8.25. The molecule has 0 aromatic heterocycles. The quantitative estimate of drug-likeness (QED) is 0.923. The molecule has 1 aromatic rings. The van der Waals surface area contributed by atoms with Gasteiger partial charge in [0, 0.05) is 6.04 Å². The van der Waals surface area contributed by atoms with E-state index in [1.165, 1.54) is 17.5 Å². The first-order valence-corrected chi connectivity index (χ1v) is 8.25. The molecule has 21 heavy (non-hydrogen) atoms. The van der Waals surface area contributed by atoms with Crippen molar-refractivity contribution in [3.05, 3.63) is 35.4 Å². The molecule has 0 radical (unpaired) electrons. The molecule has 1 amide bonds. The average Bonchev–Trinajstić information content (AvgIpc) is 3.03. The molecule has 3 heteroatoms. The number of hydrogen-bond acceptors (Lipinski definition) is 2. The van der Waals surface area contributed by atoms with E-state index in [0.717, 1.165) is 25.2 Å². The fourth-order valence-corrected chi connectivity index (χ4v) is 3.90. The number of benzene rings is 1. The van der Waals surface area contributed by atoms with Crippen LogP contribution < -0.4 is 5.32 Å². The van der Waals surface area contributed by atoms with E-state index in [0.29, 0.717) is 11.9 Å². The molecule has 1 saturated heterocycles. The molecular formula is C18H26N2O. The van der Waals surface area contributed by atoms with E-state index in [-0.39, 0.29) is 12.2 Å². The van der Waals surface area contributed by atoms with Gasteiger partial charge in [-0.2, -0.15) is 0 Å². The maximum atomic E-state index is 12.8. The number of nitrogens with one attached hydrogen (secondary N) is 1. The van der Waals surface area contributed by atoms with Gasteiger partial charge in [-0.1, -0.05) is 38.1 Å². The highest BCUT2D eigenvalue weighted by molar-refractivity contribution is 5.85. The summed E-state index contributed by atoms with van der Waals surface area (Å²) in [6, 6.07) is 8.81. The highest BCUT2D eigenvalue weighted by atomic mass is 16.2. The fourth-order valence-electron chi connectivity index (χ4n) is 3.90. The summed E-state index contributed by atoms with van der Waals surface area (Å²) in [5.41, 5.74) is 2.51. The van der Waals surface area contributed by atoms with Crippen LogP contribution in [0.1, 0.15) is 56.8 Å². The predicted molar refractivity (Wildman–Crippen MR) is 84.8 cm³/mol. The highest BCUT2D eigenvalue weighted by Crippen LogP contribution is 2.37. The first-order chi connectivity index (χ1) is 10.1. The first kappa shape index (κ1) is 14.6.